The molecule has 1 aromatic heterocycles. The van der Waals surface area contributed by atoms with E-state index in [1.165, 1.54) is 13.3 Å². The summed E-state index contributed by atoms with van der Waals surface area (Å²) in [6.45, 7) is 4.05. The number of carbonyl (C=O) groups excluding carboxylic acids is 1. The SMILES string of the molecule is [CH2-]C(Cc1[c-]cccc1)n1cncc1C(=O)OC.[Y]. The van der Waals surface area contributed by atoms with Crippen molar-refractivity contribution in [3.63, 3.8) is 0 Å². The third kappa shape index (κ3) is 3.98. The number of aromatic nitrogens is 2. The van der Waals surface area contributed by atoms with E-state index < -0.39 is 5.97 Å². The summed E-state index contributed by atoms with van der Waals surface area (Å²) in [6, 6.07) is 10.7. The molecule has 0 amide bonds. The molecule has 1 radical (unpaired) electrons. The van der Waals surface area contributed by atoms with Crippen molar-refractivity contribution in [3.05, 3.63) is 61.0 Å². The Morgan fingerprint density at radius 1 is 1.58 bits per heavy atom. The smallest absolute Gasteiger partial charge is 0.356 e. The molecule has 0 bridgehead atoms. The van der Waals surface area contributed by atoms with Crippen LogP contribution in [-0.2, 0) is 43.9 Å². The first-order chi connectivity index (χ1) is 8.72. The number of ether oxygens (including phenoxy) is 1. The molecule has 2 rings (SSSR count). The van der Waals surface area contributed by atoms with Crippen LogP contribution in [0.3, 0.4) is 0 Å². The fourth-order valence-corrected chi connectivity index (χ4v) is 1.77. The van der Waals surface area contributed by atoms with Gasteiger partial charge in [-0.25, -0.2) is 9.78 Å². The number of hydrogen-bond donors (Lipinski definition) is 0. The predicted molar refractivity (Wildman–Crippen MR) is 66.9 cm³/mol. The maximum absolute atomic E-state index is 11.5. The average molecular weight is 331 g/mol. The Balaban J connectivity index is 0.00000180. The van der Waals surface area contributed by atoms with E-state index in [0.29, 0.717) is 12.1 Å². The van der Waals surface area contributed by atoms with Gasteiger partial charge in [0.05, 0.1) is 19.6 Å². The first kappa shape index (κ1) is 16.1. The first-order valence-corrected chi connectivity index (χ1v) is 5.61. The Morgan fingerprint density at radius 3 is 3.00 bits per heavy atom. The van der Waals surface area contributed by atoms with Crippen molar-refractivity contribution in [2.24, 2.45) is 0 Å². The Hall–Kier alpha value is -0.996. The van der Waals surface area contributed by atoms with Gasteiger partial charge in [-0.15, -0.1) is 0 Å². The summed E-state index contributed by atoms with van der Waals surface area (Å²) in [5.41, 5.74) is 1.45. The predicted octanol–water partition coefficient (Wildman–Crippen LogP) is 2.09. The molecule has 0 spiro atoms. The Kier molecular flexibility index (Phi) is 6.39. The van der Waals surface area contributed by atoms with Crippen LogP contribution in [0.15, 0.2) is 36.8 Å². The van der Waals surface area contributed by atoms with Crippen molar-refractivity contribution in [1.82, 2.24) is 9.55 Å². The second kappa shape index (κ2) is 7.56. The molecule has 0 aliphatic rings. The fraction of sp³-hybridized carbons (Fsp3) is 0.214. The summed E-state index contributed by atoms with van der Waals surface area (Å²) in [5, 5.41) is 0. The molecule has 1 unspecified atom stereocenters. The minimum atomic E-state index is -0.404. The third-order valence-electron chi connectivity index (χ3n) is 2.68. The number of esters is 1. The minimum Gasteiger partial charge on any atom is -0.464 e. The third-order valence-corrected chi connectivity index (χ3v) is 2.68. The summed E-state index contributed by atoms with van der Waals surface area (Å²) in [5.74, 6) is -0.404. The van der Waals surface area contributed by atoms with E-state index in [0.717, 1.165) is 5.56 Å². The van der Waals surface area contributed by atoms with Crippen molar-refractivity contribution in [3.8, 4) is 0 Å². The molecule has 0 aliphatic heterocycles. The molecule has 0 N–H and O–H groups in total. The number of rotatable bonds is 4. The van der Waals surface area contributed by atoms with Crippen molar-refractivity contribution < 1.29 is 42.2 Å². The molecule has 5 heteroatoms. The molecular formula is C14H14N2O2Y-2. The van der Waals surface area contributed by atoms with Gasteiger partial charge in [-0.2, -0.15) is 35.9 Å². The largest absolute Gasteiger partial charge is 0.464 e. The van der Waals surface area contributed by atoms with Crippen molar-refractivity contribution in [2.75, 3.05) is 7.11 Å². The van der Waals surface area contributed by atoms with Gasteiger partial charge in [-0.1, -0.05) is 12.5 Å². The Labute approximate surface area is 138 Å². The van der Waals surface area contributed by atoms with Crippen LogP contribution in [0.1, 0.15) is 22.1 Å². The zero-order chi connectivity index (χ0) is 13.0. The number of imidazole rings is 1. The molecule has 2 aromatic rings. The topological polar surface area (TPSA) is 44.1 Å². The summed E-state index contributed by atoms with van der Waals surface area (Å²) in [4.78, 5) is 15.5. The van der Waals surface area contributed by atoms with Gasteiger partial charge in [0.25, 0.3) is 0 Å². The van der Waals surface area contributed by atoms with Crippen LogP contribution in [0.2, 0.25) is 0 Å². The van der Waals surface area contributed by atoms with Gasteiger partial charge in [0, 0.05) is 32.7 Å². The maximum Gasteiger partial charge on any atom is 0.356 e. The minimum absolute atomic E-state index is 0. The fourth-order valence-electron chi connectivity index (χ4n) is 1.77. The number of benzene rings is 1. The van der Waals surface area contributed by atoms with Crippen molar-refractivity contribution in [2.45, 2.75) is 12.5 Å². The molecule has 0 saturated heterocycles. The molecule has 0 saturated carbocycles. The second-order valence-corrected chi connectivity index (χ2v) is 3.92. The molecular weight excluding hydrogens is 317 g/mol. The zero-order valence-electron chi connectivity index (χ0n) is 10.7. The summed E-state index contributed by atoms with van der Waals surface area (Å²) < 4.78 is 6.42. The Bertz CT molecular complexity index is 525. The van der Waals surface area contributed by atoms with E-state index in [2.05, 4.69) is 18.0 Å². The van der Waals surface area contributed by atoms with Gasteiger partial charge in [0.1, 0.15) is 5.69 Å². The van der Waals surface area contributed by atoms with E-state index in [4.69, 9.17) is 4.74 Å². The van der Waals surface area contributed by atoms with Crippen molar-refractivity contribution in [1.29, 1.82) is 0 Å². The van der Waals surface area contributed by atoms with Crippen LogP contribution in [0, 0.1) is 13.0 Å². The Morgan fingerprint density at radius 2 is 2.37 bits per heavy atom. The van der Waals surface area contributed by atoms with Gasteiger partial charge in [0.15, 0.2) is 0 Å². The van der Waals surface area contributed by atoms with Gasteiger partial charge < -0.3 is 16.2 Å². The average Bonchev–Trinajstić information content (AvgIpc) is 2.88. The van der Waals surface area contributed by atoms with Crippen LogP contribution >= 0.6 is 0 Å². The molecule has 1 atom stereocenters. The number of hydrogen-bond acceptors (Lipinski definition) is 3. The summed E-state index contributed by atoms with van der Waals surface area (Å²) in [7, 11) is 1.35. The molecule has 0 aliphatic carbocycles. The molecule has 19 heavy (non-hydrogen) atoms. The van der Waals surface area contributed by atoms with Crippen LogP contribution < -0.4 is 0 Å². The monoisotopic (exact) mass is 331 g/mol. The zero-order valence-corrected chi connectivity index (χ0v) is 13.6. The standard InChI is InChI=1S/C14H14N2O2.Y/c1-11(8-12-6-4-3-5-7-12)16-10-15-9-13(16)14(17)18-2;/h3-6,9-11H,1,8H2,2H3;/q-2;. The molecule has 4 nitrogen and oxygen atoms in total. The van der Waals surface area contributed by atoms with E-state index in [-0.39, 0.29) is 38.8 Å². The first-order valence-electron chi connectivity index (χ1n) is 5.61. The van der Waals surface area contributed by atoms with Crippen LogP contribution in [0.25, 0.3) is 0 Å². The maximum atomic E-state index is 11.5. The quantitative estimate of drug-likeness (QED) is 0.637. The molecule has 1 heterocycles. The number of methoxy groups -OCH3 is 1. The number of carbonyl (C=O) groups is 1. The van der Waals surface area contributed by atoms with Crippen LogP contribution in [-0.4, -0.2) is 22.6 Å². The van der Waals surface area contributed by atoms with E-state index in [1.54, 1.807) is 10.9 Å². The van der Waals surface area contributed by atoms with Gasteiger partial charge in [-0.05, 0) is 0 Å². The number of nitrogens with zero attached hydrogens (tertiary/aromatic N) is 2. The van der Waals surface area contributed by atoms with Crippen LogP contribution in [0.5, 0.6) is 0 Å². The molecule has 1 aromatic carbocycles. The molecule has 97 valence electrons. The van der Waals surface area contributed by atoms with Gasteiger partial charge in [0.2, 0.25) is 0 Å². The van der Waals surface area contributed by atoms with Gasteiger partial charge in [-0.3, -0.25) is 0 Å². The normalized spacial score (nSPS) is 11.5. The van der Waals surface area contributed by atoms with Crippen LogP contribution in [0.4, 0.5) is 0 Å². The summed E-state index contributed by atoms with van der Waals surface area (Å²) in [6.07, 6.45) is 3.76. The second-order valence-electron chi connectivity index (χ2n) is 3.92. The van der Waals surface area contributed by atoms with E-state index in [1.807, 2.05) is 24.3 Å². The van der Waals surface area contributed by atoms with E-state index in [9.17, 15) is 4.79 Å². The van der Waals surface area contributed by atoms with Gasteiger partial charge >= 0.3 is 5.97 Å². The summed E-state index contributed by atoms with van der Waals surface area (Å²) >= 11 is 0. The molecule has 0 fully saturated rings. The van der Waals surface area contributed by atoms with Crippen molar-refractivity contribution >= 4 is 5.97 Å². The van der Waals surface area contributed by atoms with E-state index >= 15 is 0 Å².